The van der Waals surface area contributed by atoms with Gasteiger partial charge >= 0.3 is 0 Å². The summed E-state index contributed by atoms with van der Waals surface area (Å²) in [5, 5.41) is 2.07. The molecule has 0 aliphatic carbocycles. The highest BCUT2D eigenvalue weighted by atomic mass is 35.5. The third-order valence-corrected chi connectivity index (χ3v) is 6.95. The van der Waals surface area contributed by atoms with Gasteiger partial charge in [-0.3, -0.25) is 14.6 Å². The molecule has 1 amide bonds. The minimum atomic E-state index is -3.92. The van der Waals surface area contributed by atoms with Crippen molar-refractivity contribution in [2.24, 2.45) is 0 Å². The fourth-order valence-corrected chi connectivity index (χ4v) is 5.14. The highest BCUT2D eigenvalue weighted by Gasteiger charge is 2.27. The van der Waals surface area contributed by atoms with Gasteiger partial charge in [-0.25, -0.2) is 13.1 Å². The second kappa shape index (κ2) is 9.09. The van der Waals surface area contributed by atoms with E-state index in [4.69, 9.17) is 23.2 Å². The first-order valence-electron chi connectivity index (χ1n) is 10.7. The first-order valence-corrected chi connectivity index (χ1v) is 13.3. The van der Waals surface area contributed by atoms with Crippen LogP contribution in [0.25, 0.3) is 32.9 Å². The van der Waals surface area contributed by atoms with E-state index in [1.54, 1.807) is 41.1 Å². The van der Waals surface area contributed by atoms with E-state index in [2.05, 4.69) is 9.97 Å². The largest absolute Gasteiger partial charge is 0.331 e. The molecule has 0 aliphatic rings. The number of hydrogen-bond acceptors (Lipinski definition) is 5. The summed E-state index contributed by atoms with van der Waals surface area (Å²) < 4.78 is 27.7. The number of pyridine rings is 2. The van der Waals surface area contributed by atoms with Crippen molar-refractivity contribution in [3.05, 3.63) is 98.6 Å². The van der Waals surface area contributed by atoms with Crippen LogP contribution in [0.1, 0.15) is 16.1 Å². The van der Waals surface area contributed by atoms with Crippen molar-refractivity contribution in [2.75, 3.05) is 6.26 Å². The normalized spacial score (nSPS) is 11.8. The minimum absolute atomic E-state index is 0.0291. The molecule has 2 N–H and O–H groups in total. The average Bonchev–Trinajstić information content (AvgIpc) is 3.13. The summed E-state index contributed by atoms with van der Waals surface area (Å²) in [7, 11) is -3.92. The van der Waals surface area contributed by atoms with E-state index in [-0.39, 0.29) is 23.4 Å². The number of para-hydroxylation sites is 1. The molecule has 2 aromatic carbocycles. The van der Waals surface area contributed by atoms with Gasteiger partial charge in [-0.1, -0.05) is 41.4 Å². The number of benzene rings is 2. The van der Waals surface area contributed by atoms with Gasteiger partial charge in [-0.05, 0) is 36.4 Å². The van der Waals surface area contributed by atoms with E-state index in [0.717, 1.165) is 11.6 Å². The number of aromatic amines is 1. The van der Waals surface area contributed by atoms with Crippen LogP contribution in [0, 0.1) is 0 Å². The van der Waals surface area contributed by atoms with Crippen LogP contribution in [0.15, 0.2) is 71.8 Å². The van der Waals surface area contributed by atoms with Crippen LogP contribution in [0.5, 0.6) is 0 Å². The maximum Gasteiger partial charge on any atom is 0.282 e. The lowest BCUT2D eigenvalue weighted by molar-refractivity contribution is 0.0974. The van der Waals surface area contributed by atoms with Gasteiger partial charge in [0, 0.05) is 50.4 Å². The molecule has 0 unspecified atom stereocenters. The van der Waals surface area contributed by atoms with E-state index in [1.165, 1.54) is 6.20 Å². The lowest BCUT2D eigenvalue weighted by Crippen LogP contribution is -2.32. The Bertz CT molecular complexity index is 1840. The Morgan fingerprint density at radius 1 is 1.08 bits per heavy atom. The Morgan fingerprint density at radius 3 is 2.61 bits per heavy atom. The van der Waals surface area contributed by atoms with Gasteiger partial charge in [0.2, 0.25) is 10.0 Å². The lowest BCUT2D eigenvalue weighted by Gasteiger charge is -2.14. The standard InChI is InChI=1S/C25H18Cl2N4O4S/c1-36(34,35)30-25(33)23-21(17-6-4-10-28-24(17)32)18-11-15(26)8-9-20(18)31(23)13-14-12-29-19-7-3-2-5-16(19)22(14)27/h2-12H,13H2,1H3,(H,28,32)(H,30,33). The zero-order chi connectivity index (χ0) is 25.6. The average molecular weight is 541 g/mol. The number of H-pyrrole nitrogens is 1. The third-order valence-electron chi connectivity index (χ3n) is 5.72. The number of rotatable bonds is 5. The van der Waals surface area contributed by atoms with Gasteiger partial charge in [0.1, 0.15) is 5.69 Å². The highest BCUT2D eigenvalue weighted by molar-refractivity contribution is 7.89. The summed E-state index contributed by atoms with van der Waals surface area (Å²) in [4.78, 5) is 33.3. The zero-order valence-electron chi connectivity index (χ0n) is 18.7. The van der Waals surface area contributed by atoms with Crippen molar-refractivity contribution >= 4 is 60.9 Å². The summed E-state index contributed by atoms with van der Waals surface area (Å²) in [5.74, 6) is -0.895. The van der Waals surface area contributed by atoms with Crippen LogP contribution in [-0.2, 0) is 16.6 Å². The van der Waals surface area contributed by atoms with Crippen molar-refractivity contribution in [1.29, 1.82) is 0 Å². The van der Waals surface area contributed by atoms with Crippen LogP contribution < -0.4 is 10.3 Å². The SMILES string of the molecule is CS(=O)(=O)NC(=O)c1c(-c2ccc[nH]c2=O)c2cc(Cl)ccc2n1Cc1cnc2ccccc2c1Cl. The summed E-state index contributed by atoms with van der Waals surface area (Å²) >= 11 is 13.0. The molecule has 182 valence electrons. The van der Waals surface area contributed by atoms with Crippen molar-refractivity contribution in [1.82, 2.24) is 19.3 Å². The quantitative estimate of drug-likeness (QED) is 0.338. The van der Waals surface area contributed by atoms with E-state index in [9.17, 15) is 18.0 Å². The summed E-state index contributed by atoms with van der Waals surface area (Å²) in [6.45, 7) is 0.0754. The molecule has 8 nitrogen and oxygen atoms in total. The number of sulfonamides is 1. The Labute approximate surface area is 215 Å². The number of halogens is 2. The lowest BCUT2D eigenvalue weighted by atomic mass is 10.0. The number of amides is 1. The van der Waals surface area contributed by atoms with Crippen LogP contribution in [0.2, 0.25) is 10.0 Å². The fraction of sp³-hybridized carbons (Fsp3) is 0.0800. The first kappa shape index (κ1) is 24.1. The van der Waals surface area contributed by atoms with Crippen molar-refractivity contribution in [2.45, 2.75) is 6.54 Å². The Kier molecular flexibility index (Phi) is 6.07. The van der Waals surface area contributed by atoms with E-state index in [1.807, 2.05) is 29.0 Å². The van der Waals surface area contributed by atoms with Crippen LogP contribution in [0.3, 0.4) is 0 Å². The van der Waals surface area contributed by atoms with Gasteiger partial charge in [0.25, 0.3) is 11.5 Å². The van der Waals surface area contributed by atoms with Gasteiger partial charge < -0.3 is 9.55 Å². The molecule has 0 fully saturated rings. The number of carbonyl (C=O) groups is 1. The van der Waals surface area contributed by atoms with Gasteiger partial charge in [0.15, 0.2) is 0 Å². The first-order chi connectivity index (χ1) is 17.1. The number of fused-ring (bicyclic) bond motifs is 2. The minimum Gasteiger partial charge on any atom is -0.331 e. The Balaban J connectivity index is 1.84. The Hall–Kier alpha value is -3.66. The molecular weight excluding hydrogens is 523 g/mol. The van der Waals surface area contributed by atoms with E-state index in [0.29, 0.717) is 32.0 Å². The molecule has 3 heterocycles. The molecule has 11 heteroatoms. The maximum atomic E-state index is 13.4. The maximum absolute atomic E-state index is 13.4. The fourth-order valence-electron chi connectivity index (χ4n) is 4.26. The predicted octanol–water partition coefficient (Wildman–Crippen LogP) is 4.59. The molecule has 0 saturated carbocycles. The molecule has 0 radical (unpaired) electrons. The molecule has 0 atom stereocenters. The summed E-state index contributed by atoms with van der Waals surface area (Å²) in [5.41, 5.74) is 1.82. The van der Waals surface area contributed by atoms with E-state index >= 15 is 0 Å². The molecule has 0 saturated heterocycles. The highest BCUT2D eigenvalue weighted by Crippen LogP contribution is 2.37. The number of aromatic nitrogens is 3. The number of carbonyl (C=O) groups excluding carboxylic acids is 1. The molecule has 0 bridgehead atoms. The second-order valence-corrected chi connectivity index (χ2v) is 10.8. The van der Waals surface area contributed by atoms with E-state index < -0.39 is 21.5 Å². The second-order valence-electron chi connectivity index (χ2n) is 8.20. The van der Waals surface area contributed by atoms with Crippen LogP contribution >= 0.6 is 23.2 Å². The molecule has 5 aromatic rings. The van der Waals surface area contributed by atoms with Crippen LogP contribution in [-0.4, -0.2) is 35.1 Å². The smallest absolute Gasteiger partial charge is 0.282 e. The molecule has 5 rings (SSSR count). The monoisotopic (exact) mass is 540 g/mol. The van der Waals surface area contributed by atoms with Gasteiger partial charge in [-0.15, -0.1) is 0 Å². The predicted molar refractivity (Wildman–Crippen MR) is 141 cm³/mol. The van der Waals surface area contributed by atoms with Gasteiger partial charge in [-0.2, -0.15) is 0 Å². The van der Waals surface area contributed by atoms with Crippen molar-refractivity contribution in [3.8, 4) is 11.1 Å². The Morgan fingerprint density at radius 2 is 1.86 bits per heavy atom. The van der Waals surface area contributed by atoms with Crippen molar-refractivity contribution < 1.29 is 13.2 Å². The molecule has 0 spiro atoms. The zero-order valence-corrected chi connectivity index (χ0v) is 21.1. The van der Waals surface area contributed by atoms with Gasteiger partial charge in [0.05, 0.1) is 23.3 Å². The number of hydrogen-bond donors (Lipinski definition) is 2. The van der Waals surface area contributed by atoms with Crippen molar-refractivity contribution in [3.63, 3.8) is 0 Å². The topological polar surface area (TPSA) is 114 Å². The number of nitrogens with one attached hydrogen (secondary N) is 2. The molecule has 0 aliphatic heterocycles. The summed E-state index contributed by atoms with van der Waals surface area (Å²) in [6, 6.07) is 15.5. The molecular formula is C25H18Cl2N4O4S. The molecule has 3 aromatic heterocycles. The van der Waals surface area contributed by atoms with Crippen LogP contribution in [0.4, 0.5) is 0 Å². The third kappa shape index (κ3) is 4.37. The summed E-state index contributed by atoms with van der Waals surface area (Å²) in [6.07, 6.45) is 3.96. The molecule has 36 heavy (non-hydrogen) atoms. The number of nitrogens with zero attached hydrogens (tertiary/aromatic N) is 2.